The lowest BCUT2D eigenvalue weighted by molar-refractivity contribution is 0.141. The summed E-state index contributed by atoms with van der Waals surface area (Å²) in [6.07, 6.45) is 4.20. The van der Waals surface area contributed by atoms with Gasteiger partial charge in [-0.15, -0.1) is 0 Å². The fourth-order valence-corrected chi connectivity index (χ4v) is 3.44. The summed E-state index contributed by atoms with van der Waals surface area (Å²) in [4.78, 5) is 6.35. The van der Waals surface area contributed by atoms with Crippen molar-refractivity contribution in [3.05, 3.63) is 53.9 Å². The topological polar surface area (TPSA) is 54.8 Å². The molecule has 0 saturated carbocycles. The Labute approximate surface area is 149 Å². The quantitative estimate of drug-likeness (QED) is 0.838. The molecule has 3 rings (SSSR count). The number of hydrogen-bond acceptors (Lipinski definition) is 5. The lowest BCUT2D eigenvalue weighted by Crippen LogP contribution is -2.21. The number of aliphatic hydroxyl groups excluding tert-OH is 1. The van der Waals surface area contributed by atoms with E-state index in [-0.39, 0.29) is 12.0 Å². The van der Waals surface area contributed by atoms with Gasteiger partial charge in [0.25, 0.3) is 0 Å². The Morgan fingerprint density at radius 2 is 1.92 bits per heavy atom. The minimum absolute atomic E-state index is 0.256. The van der Waals surface area contributed by atoms with Gasteiger partial charge in [-0.05, 0) is 48.7 Å². The van der Waals surface area contributed by atoms with Crippen LogP contribution in [0.4, 0.5) is 0 Å². The van der Waals surface area contributed by atoms with Gasteiger partial charge in [-0.3, -0.25) is 9.88 Å². The number of aliphatic hydroxyl groups is 1. The maximum atomic E-state index is 10.4. The van der Waals surface area contributed by atoms with Gasteiger partial charge < -0.3 is 14.6 Å². The smallest absolute Gasteiger partial charge is 0.161 e. The van der Waals surface area contributed by atoms with Gasteiger partial charge in [0.2, 0.25) is 0 Å². The van der Waals surface area contributed by atoms with Crippen molar-refractivity contribution in [2.45, 2.75) is 26.0 Å². The third-order valence-corrected chi connectivity index (χ3v) is 4.66. The van der Waals surface area contributed by atoms with Gasteiger partial charge in [0.1, 0.15) is 0 Å². The highest BCUT2D eigenvalue weighted by Gasteiger charge is 2.31. The molecule has 0 amide bonds. The van der Waals surface area contributed by atoms with E-state index in [9.17, 15) is 5.11 Å². The molecule has 1 N–H and O–H groups in total. The van der Waals surface area contributed by atoms with Crippen LogP contribution in [0.3, 0.4) is 0 Å². The first-order valence-corrected chi connectivity index (χ1v) is 8.78. The van der Waals surface area contributed by atoms with Crippen LogP contribution in [0.15, 0.2) is 42.7 Å². The second-order valence-electron chi connectivity index (χ2n) is 6.50. The highest BCUT2D eigenvalue weighted by molar-refractivity contribution is 5.43. The lowest BCUT2D eigenvalue weighted by Gasteiger charge is -2.17. The van der Waals surface area contributed by atoms with Crippen LogP contribution in [-0.4, -0.2) is 47.9 Å². The van der Waals surface area contributed by atoms with Crippen molar-refractivity contribution >= 4 is 0 Å². The third-order valence-electron chi connectivity index (χ3n) is 4.66. The number of methoxy groups -OCH3 is 1. The average molecular weight is 342 g/mol. The molecular weight excluding hydrogens is 316 g/mol. The number of likely N-dealkylation sites (tertiary alicyclic amines) is 1. The SMILES string of the molecule is CCOc1ccc(CN2CC(O)C(Cc3ccncc3)C2)cc1OC. The molecule has 2 atom stereocenters. The minimum Gasteiger partial charge on any atom is -0.493 e. The fourth-order valence-electron chi connectivity index (χ4n) is 3.44. The summed E-state index contributed by atoms with van der Waals surface area (Å²) in [6.45, 7) is 4.96. The number of pyridine rings is 1. The standard InChI is InChI=1S/C20H26N2O3/c1-3-25-19-5-4-16(11-20(19)24-2)12-22-13-17(18(23)14-22)10-15-6-8-21-9-7-15/h4-9,11,17-18,23H,3,10,12-14H2,1-2H3. The van der Waals surface area contributed by atoms with Gasteiger partial charge in [-0.25, -0.2) is 0 Å². The van der Waals surface area contributed by atoms with Crippen LogP contribution in [0, 0.1) is 5.92 Å². The Hall–Kier alpha value is -2.11. The predicted molar refractivity (Wildman–Crippen MR) is 96.9 cm³/mol. The van der Waals surface area contributed by atoms with E-state index in [4.69, 9.17) is 9.47 Å². The first-order valence-electron chi connectivity index (χ1n) is 8.78. The summed E-state index contributed by atoms with van der Waals surface area (Å²) in [5, 5.41) is 10.4. The first-order chi connectivity index (χ1) is 12.2. The van der Waals surface area contributed by atoms with Gasteiger partial charge in [-0.2, -0.15) is 0 Å². The maximum Gasteiger partial charge on any atom is 0.161 e. The van der Waals surface area contributed by atoms with E-state index in [2.05, 4.69) is 16.0 Å². The maximum absolute atomic E-state index is 10.4. The number of rotatable bonds is 7. The van der Waals surface area contributed by atoms with E-state index in [0.29, 0.717) is 13.2 Å². The van der Waals surface area contributed by atoms with Crippen LogP contribution < -0.4 is 9.47 Å². The molecule has 1 aliphatic rings. The molecular formula is C20H26N2O3. The minimum atomic E-state index is -0.294. The zero-order valence-electron chi connectivity index (χ0n) is 14.9. The van der Waals surface area contributed by atoms with Crippen molar-refractivity contribution in [3.63, 3.8) is 0 Å². The van der Waals surface area contributed by atoms with Crippen LogP contribution in [0.25, 0.3) is 0 Å². The van der Waals surface area contributed by atoms with Crippen LogP contribution in [0.1, 0.15) is 18.1 Å². The Bertz CT molecular complexity index is 678. The van der Waals surface area contributed by atoms with Crippen molar-refractivity contribution in [2.24, 2.45) is 5.92 Å². The number of aromatic nitrogens is 1. The Morgan fingerprint density at radius 1 is 1.12 bits per heavy atom. The van der Waals surface area contributed by atoms with Gasteiger partial charge in [0.15, 0.2) is 11.5 Å². The molecule has 5 heteroatoms. The molecule has 2 aromatic rings. The molecule has 5 nitrogen and oxygen atoms in total. The molecule has 0 radical (unpaired) electrons. The molecule has 1 saturated heterocycles. The van der Waals surface area contributed by atoms with Gasteiger partial charge in [-0.1, -0.05) is 6.07 Å². The van der Waals surface area contributed by atoms with Crippen LogP contribution in [0.5, 0.6) is 11.5 Å². The summed E-state index contributed by atoms with van der Waals surface area (Å²) >= 11 is 0. The normalized spacial score (nSPS) is 20.6. The first kappa shape index (κ1) is 17.7. The molecule has 0 spiro atoms. The molecule has 2 unspecified atom stereocenters. The van der Waals surface area contributed by atoms with Crippen molar-refractivity contribution < 1.29 is 14.6 Å². The van der Waals surface area contributed by atoms with E-state index in [0.717, 1.165) is 36.6 Å². The summed E-state index contributed by atoms with van der Waals surface area (Å²) in [7, 11) is 1.66. The second kappa shape index (κ2) is 8.32. The van der Waals surface area contributed by atoms with Crippen molar-refractivity contribution in [1.29, 1.82) is 0 Å². The molecule has 0 aliphatic carbocycles. The van der Waals surface area contributed by atoms with Gasteiger partial charge in [0.05, 0.1) is 19.8 Å². The third kappa shape index (κ3) is 4.50. The summed E-state index contributed by atoms with van der Waals surface area (Å²) < 4.78 is 11.0. The van der Waals surface area contributed by atoms with Crippen molar-refractivity contribution in [3.8, 4) is 11.5 Å². The molecule has 2 heterocycles. The Kier molecular flexibility index (Phi) is 5.89. The lowest BCUT2D eigenvalue weighted by atomic mass is 9.97. The predicted octanol–water partition coefficient (Wildman–Crippen LogP) is 2.52. The highest BCUT2D eigenvalue weighted by Crippen LogP contribution is 2.30. The highest BCUT2D eigenvalue weighted by atomic mass is 16.5. The van der Waals surface area contributed by atoms with E-state index >= 15 is 0 Å². The van der Waals surface area contributed by atoms with E-state index < -0.39 is 0 Å². The number of ether oxygens (including phenoxy) is 2. The molecule has 134 valence electrons. The van der Waals surface area contributed by atoms with E-state index in [1.807, 2.05) is 31.2 Å². The fraction of sp³-hybridized carbons (Fsp3) is 0.450. The monoisotopic (exact) mass is 342 g/mol. The molecule has 1 aliphatic heterocycles. The zero-order chi connectivity index (χ0) is 17.6. The van der Waals surface area contributed by atoms with Gasteiger partial charge >= 0.3 is 0 Å². The number of nitrogens with zero attached hydrogens (tertiary/aromatic N) is 2. The van der Waals surface area contributed by atoms with Gasteiger partial charge in [0, 0.05) is 37.9 Å². The molecule has 0 bridgehead atoms. The second-order valence-corrected chi connectivity index (χ2v) is 6.50. The van der Waals surface area contributed by atoms with Crippen molar-refractivity contribution in [2.75, 3.05) is 26.8 Å². The summed E-state index contributed by atoms with van der Waals surface area (Å²) in [5.74, 6) is 1.78. The average Bonchev–Trinajstić information content (AvgIpc) is 2.96. The molecule has 1 fully saturated rings. The largest absolute Gasteiger partial charge is 0.493 e. The van der Waals surface area contributed by atoms with Crippen LogP contribution >= 0.6 is 0 Å². The van der Waals surface area contributed by atoms with Crippen molar-refractivity contribution in [1.82, 2.24) is 9.88 Å². The molecule has 25 heavy (non-hydrogen) atoms. The Morgan fingerprint density at radius 3 is 2.64 bits per heavy atom. The number of benzene rings is 1. The molecule has 1 aromatic heterocycles. The zero-order valence-corrected chi connectivity index (χ0v) is 14.9. The van der Waals surface area contributed by atoms with Crippen LogP contribution in [0.2, 0.25) is 0 Å². The number of β-amino-alcohol motifs (C(OH)–C–C–N with tert-alkyl or cyclic N) is 1. The summed E-state index contributed by atoms with van der Waals surface area (Å²) in [5.41, 5.74) is 2.39. The molecule has 1 aromatic carbocycles. The van der Waals surface area contributed by atoms with E-state index in [1.165, 1.54) is 5.56 Å². The Balaban J connectivity index is 1.62. The van der Waals surface area contributed by atoms with Crippen LogP contribution in [-0.2, 0) is 13.0 Å². The van der Waals surface area contributed by atoms with E-state index in [1.54, 1.807) is 19.5 Å². The number of hydrogen-bond donors (Lipinski definition) is 1. The summed E-state index contributed by atoms with van der Waals surface area (Å²) in [6, 6.07) is 10.1.